The molecule has 0 bridgehead atoms. The van der Waals surface area contributed by atoms with Crippen molar-refractivity contribution in [2.45, 2.75) is 19.1 Å². The zero-order valence-corrected chi connectivity index (χ0v) is 11.5. The number of carbonyl (C=O) groups excluding carboxylic acids is 1. The molecule has 0 heterocycles. The van der Waals surface area contributed by atoms with Gasteiger partial charge in [0, 0.05) is 12.7 Å². The molecule has 1 rings (SSSR count). The van der Waals surface area contributed by atoms with Gasteiger partial charge in [0.2, 0.25) is 0 Å². The van der Waals surface area contributed by atoms with E-state index in [-0.39, 0.29) is 0 Å². The lowest BCUT2D eigenvalue weighted by molar-refractivity contribution is -0.120. The minimum absolute atomic E-state index is 0.412. The summed E-state index contributed by atoms with van der Waals surface area (Å²) in [5.41, 5.74) is 0.688. The molecule has 0 aliphatic heterocycles. The number of benzene rings is 1. The van der Waals surface area contributed by atoms with Crippen LogP contribution in [0.15, 0.2) is 30.3 Å². The highest BCUT2D eigenvalue weighted by Crippen LogP contribution is 2.11. The van der Waals surface area contributed by atoms with Crippen molar-refractivity contribution in [3.05, 3.63) is 30.3 Å². The van der Waals surface area contributed by atoms with E-state index in [0.717, 1.165) is 0 Å². The summed E-state index contributed by atoms with van der Waals surface area (Å²) < 4.78 is 27.5. The lowest BCUT2D eigenvalue weighted by atomic mass is 10.3. The van der Waals surface area contributed by atoms with Gasteiger partial charge >= 0.3 is 0 Å². The largest absolute Gasteiger partial charge is 0.313 e. The van der Waals surface area contributed by atoms with Crippen LogP contribution in [0.25, 0.3) is 0 Å². The van der Waals surface area contributed by atoms with Crippen molar-refractivity contribution in [3.63, 3.8) is 0 Å². The SMILES string of the molecule is CC(C)S(=O)(=O)OCC(=O)N(C)c1ccccc1. The lowest BCUT2D eigenvalue weighted by Crippen LogP contribution is -2.32. The van der Waals surface area contributed by atoms with Crippen LogP contribution >= 0.6 is 0 Å². The van der Waals surface area contributed by atoms with Gasteiger partial charge in [-0.05, 0) is 26.0 Å². The normalized spacial score (nSPS) is 11.6. The molecule has 0 aliphatic carbocycles. The van der Waals surface area contributed by atoms with Gasteiger partial charge in [0.15, 0.2) is 0 Å². The third kappa shape index (κ3) is 3.82. The molecule has 0 spiro atoms. The van der Waals surface area contributed by atoms with E-state index in [1.165, 1.54) is 18.7 Å². The van der Waals surface area contributed by atoms with Crippen LogP contribution in [0.3, 0.4) is 0 Å². The highest BCUT2D eigenvalue weighted by atomic mass is 32.2. The number of anilines is 1. The minimum atomic E-state index is -3.66. The summed E-state index contributed by atoms with van der Waals surface area (Å²) in [6.07, 6.45) is 0. The number of para-hydroxylation sites is 1. The summed E-state index contributed by atoms with van der Waals surface area (Å²) in [5.74, 6) is -0.412. The van der Waals surface area contributed by atoms with Crippen molar-refractivity contribution in [2.24, 2.45) is 0 Å². The van der Waals surface area contributed by atoms with E-state index in [9.17, 15) is 13.2 Å². The standard InChI is InChI=1S/C12H17NO4S/c1-10(2)18(15,16)17-9-12(14)13(3)11-7-5-4-6-8-11/h4-8,10H,9H2,1-3H3. The number of nitrogens with zero attached hydrogens (tertiary/aromatic N) is 1. The third-order valence-electron chi connectivity index (χ3n) is 2.44. The average Bonchev–Trinajstić information content (AvgIpc) is 2.36. The summed E-state index contributed by atoms with van der Waals surface area (Å²) >= 11 is 0. The molecular weight excluding hydrogens is 254 g/mol. The van der Waals surface area contributed by atoms with E-state index in [0.29, 0.717) is 5.69 Å². The molecule has 0 aliphatic rings. The summed E-state index contributed by atoms with van der Waals surface area (Å²) in [6.45, 7) is 2.52. The van der Waals surface area contributed by atoms with Crippen molar-refractivity contribution >= 4 is 21.7 Å². The predicted octanol–water partition coefficient (Wildman–Crippen LogP) is 1.40. The fourth-order valence-electron chi connectivity index (χ4n) is 1.16. The smallest absolute Gasteiger partial charge is 0.270 e. The molecule has 0 saturated carbocycles. The molecule has 100 valence electrons. The summed E-state index contributed by atoms with van der Waals surface area (Å²) in [6, 6.07) is 8.95. The first kappa shape index (κ1) is 14.7. The maximum Gasteiger partial charge on any atom is 0.270 e. The maximum absolute atomic E-state index is 11.7. The molecule has 0 aromatic heterocycles. The Labute approximate surface area is 107 Å². The van der Waals surface area contributed by atoms with E-state index in [1.54, 1.807) is 31.3 Å². The van der Waals surface area contributed by atoms with Crippen LogP contribution in [0, 0.1) is 0 Å². The summed E-state index contributed by atoms with van der Waals surface area (Å²) in [4.78, 5) is 13.1. The van der Waals surface area contributed by atoms with E-state index in [2.05, 4.69) is 4.18 Å². The van der Waals surface area contributed by atoms with Crippen molar-refractivity contribution < 1.29 is 17.4 Å². The first-order valence-electron chi connectivity index (χ1n) is 5.54. The van der Waals surface area contributed by atoms with Gasteiger partial charge in [0.05, 0.1) is 5.25 Å². The summed E-state index contributed by atoms with van der Waals surface area (Å²) in [7, 11) is -2.08. The predicted molar refractivity (Wildman–Crippen MR) is 69.9 cm³/mol. The molecule has 0 radical (unpaired) electrons. The fraction of sp³-hybridized carbons (Fsp3) is 0.417. The van der Waals surface area contributed by atoms with Gasteiger partial charge in [0.1, 0.15) is 6.61 Å². The molecule has 0 fully saturated rings. The molecule has 1 aromatic carbocycles. The topological polar surface area (TPSA) is 63.7 Å². The second kappa shape index (κ2) is 5.97. The second-order valence-electron chi connectivity index (χ2n) is 4.09. The Morgan fingerprint density at radius 3 is 2.33 bits per heavy atom. The minimum Gasteiger partial charge on any atom is -0.313 e. The molecule has 0 unspecified atom stereocenters. The van der Waals surface area contributed by atoms with Gasteiger partial charge in [-0.25, -0.2) is 0 Å². The number of rotatable bonds is 5. The molecule has 5 nitrogen and oxygen atoms in total. The molecule has 6 heteroatoms. The molecule has 0 N–H and O–H groups in total. The van der Waals surface area contributed by atoms with Crippen molar-refractivity contribution in [2.75, 3.05) is 18.6 Å². The quantitative estimate of drug-likeness (QED) is 0.759. The first-order valence-corrected chi connectivity index (χ1v) is 7.01. The Morgan fingerprint density at radius 1 is 1.28 bits per heavy atom. The van der Waals surface area contributed by atoms with E-state index >= 15 is 0 Å². The number of hydrogen-bond acceptors (Lipinski definition) is 4. The maximum atomic E-state index is 11.7. The van der Waals surface area contributed by atoms with Crippen molar-refractivity contribution in [3.8, 4) is 0 Å². The monoisotopic (exact) mass is 271 g/mol. The van der Waals surface area contributed by atoms with Crippen molar-refractivity contribution in [1.82, 2.24) is 0 Å². The fourth-order valence-corrected chi connectivity index (χ4v) is 1.70. The van der Waals surface area contributed by atoms with Gasteiger partial charge in [-0.2, -0.15) is 8.42 Å². The van der Waals surface area contributed by atoms with Gasteiger partial charge in [0.25, 0.3) is 16.0 Å². The Kier molecular flexibility index (Phi) is 4.86. The van der Waals surface area contributed by atoms with Crippen LogP contribution in [0.5, 0.6) is 0 Å². The van der Waals surface area contributed by atoms with E-state index < -0.39 is 27.9 Å². The van der Waals surface area contributed by atoms with E-state index in [1.807, 2.05) is 6.07 Å². The van der Waals surface area contributed by atoms with Crippen molar-refractivity contribution in [1.29, 1.82) is 0 Å². The van der Waals surface area contributed by atoms with Gasteiger partial charge in [-0.1, -0.05) is 18.2 Å². The van der Waals surface area contributed by atoms with Crippen LogP contribution < -0.4 is 4.90 Å². The van der Waals surface area contributed by atoms with Gasteiger partial charge in [-0.15, -0.1) is 0 Å². The Bertz CT molecular complexity index is 496. The molecular formula is C12H17NO4S. The van der Waals surface area contributed by atoms with Crippen LogP contribution in [0.1, 0.15) is 13.8 Å². The van der Waals surface area contributed by atoms with E-state index in [4.69, 9.17) is 0 Å². The molecule has 1 aromatic rings. The highest BCUT2D eigenvalue weighted by molar-refractivity contribution is 7.87. The van der Waals surface area contributed by atoms with Crippen LogP contribution in [0.4, 0.5) is 5.69 Å². The number of carbonyl (C=O) groups is 1. The highest BCUT2D eigenvalue weighted by Gasteiger charge is 2.20. The Hall–Kier alpha value is -1.40. The zero-order chi connectivity index (χ0) is 13.8. The first-order chi connectivity index (χ1) is 8.34. The van der Waals surface area contributed by atoms with Crippen LogP contribution in [-0.4, -0.2) is 33.2 Å². The molecule has 0 atom stereocenters. The zero-order valence-electron chi connectivity index (χ0n) is 10.7. The van der Waals surface area contributed by atoms with Gasteiger partial charge in [-0.3, -0.25) is 8.98 Å². The number of likely N-dealkylation sites (N-methyl/N-ethyl adjacent to an activating group) is 1. The average molecular weight is 271 g/mol. The Balaban J connectivity index is 2.62. The third-order valence-corrected chi connectivity index (χ3v) is 4.04. The van der Waals surface area contributed by atoms with Gasteiger partial charge < -0.3 is 4.90 Å². The lowest BCUT2D eigenvalue weighted by Gasteiger charge is -2.17. The number of amides is 1. The van der Waals surface area contributed by atoms with Crippen LogP contribution in [-0.2, 0) is 19.1 Å². The molecule has 18 heavy (non-hydrogen) atoms. The second-order valence-corrected chi connectivity index (χ2v) is 6.26. The number of hydrogen-bond donors (Lipinski definition) is 0. The molecule has 1 amide bonds. The molecule has 0 saturated heterocycles. The summed E-state index contributed by atoms with van der Waals surface area (Å²) in [5, 5.41) is -0.660. The Morgan fingerprint density at radius 2 is 1.83 bits per heavy atom. The van der Waals surface area contributed by atoms with Crippen LogP contribution in [0.2, 0.25) is 0 Å².